The van der Waals surface area contributed by atoms with E-state index in [2.05, 4.69) is 10.0 Å². The Morgan fingerprint density at radius 2 is 1.82 bits per heavy atom. The van der Waals surface area contributed by atoms with Crippen LogP contribution in [0.4, 0.5) is 11.4 Å². The van der Waals surface area contributed by atoms with Crippen LogP contribution in [0.2, 0.25) is 0 Å². The standard InChI is InChI=1S/C30H35N3O6S/c1-4-39-30(35)24-13-9-17-33(20-24)27-16-15-25(31-29(34)23-12-8-14-26(18-23)38-3)19-28(27)40(36,37)32-21(2)22-10-6-5-7-11-22/h5-8,10-12,14-16,18-19,21,24,32H,4,9,13,17,20H2,1-3H3,(H,31,34). The third kappa shape index (κ3) is 7.00. The summed E-state index contributed by atoms with van der Waals surface area (Å²) in [5.74, 6) is -0.505. The number of nitrogens with one attached hydrogen (secondary N) is 2. The maximum Gasteiger partial charge on any atom is 0.310 e. The molecule has 2 atom stereocenters. The molecule has 0 aliphatic carbocycles. The fourth-order valence-electron chi connectivity index (χ4n) is 4.79. The largest absolute Gasteiger partial charge is 0.497 e. The van der Waals surface area contributed by atoms with E-state index < -0.39 is 22.0 Å². The van der Waals surface area contributed by atoms with E-state index in [4.69, 9.17) is 9.47 Å². The van der Waals surface area contributed by atoms with Gasteiger partial charge in [0.2, 0.25) is 10.0 Å². The second-order valence-corrected chi connectivity index (χ2v) is 11.3. The summed E-state index contributed by atoms with van der Waals surface area (Å²) in [6.07, 6.45) is 1.39. The third-order valence-corrected chi connectivity index (χ3v) is 8.42. The average molecular weight is 566 g/mol. The van der Waals surface area contributed by atoms with Gasteiger partial charge in [0.25, 0.3) is 5.91 Å². The summed E-state index contributed by atoms with van der Waals surface area (Å²) in [7, 11) is -2.53. The van der Waals surface area contributed by atoms with Gasteiger partial charge in [-0.2, -0.15) is 0 Å². The van der Waals surface area contributed by atoms with Crippen molar-refractivity contribution < 1.29 is 27.5 Å². The molecular weight excluding hydrogens is 530 g/mol. The van der Waals surface area contributed by atoms with Gasteiger partial charge >= 0.3 is 5.97 Å². The Hall–Kier alpha value is -3.89. The number of esters is 1. The molecule has 10 heteroatoms. The van der Waals surface area contributed by atoms with Crippen molar-refractivity contribution in [1.29, 1.82) is 0 Å². The van der Waals surface area contributed by atoms with Crippen molar-refractivity contribution in [2.75, 3.05) is 37.0 Å². The van der Waals surface area contributed by atoms with Crippen LogP contribution in [0.25, 0.3) is 0 Å². The number of anilines is 2. The summed E-state index contributed by atoms with van der Waals surface area (Å²) >= 11 is 0. The highest BCUT2D eigenvalue weighted by Gasteiger charge is 2.31. The van der Waals surface area contributed by atoms with Gasteiger partial charge in [-0.05, 0) is 68.7 Å². The molecule has 9 nitrogen and oxygen atoms in total. The molecule has 3 aromatic carbocycles. The van der Waals surface area contributed by atoms with Crippen LogP contribution in [0.1, 0.15) is 48.7 Å². The van der Waals surface area contributed by atoms with E-state index in [-0.39, 0.29) is 23.4 Å². The fourth-order valence-corrected chi connectivity index (χ4v) is 6.27. The Kier molecular flexibility index (Phi) is 9.44. The van der Waals surface area contributed by atoms with Crippen molar-refractivity contribution in [3.8, 4) is 5.75 Å². The van der Waals surface area contributed by atoms with E-state index in [0.717, 1.165) is 5.56 Å². The third-order valence-electron chi connectivity index (χ3n) is 6.85. The van der Waals surface area contributed by atoms with Crippen molar-refractivity contribution in [2.24, 2.45) is 5.92 Å². The van der Waals surface area contributed by atoms with Crippen molar-refractivity contribution >= 4 is 33.3 Å². The average Bonchev–Trinajstić information content (AvgIpc) is 2.97. The summed E-state index contributed by atoms with van der Waals surface area (Å²) in [6.45, 7) is 4.76. The number of hydrogen-bond donors (Lipinski definition) is 2. The number of methoxy groups -OCH3 is 1. The lowest BCUT2D eigenvalue weighted by Crippen LogP contribution is -2.40. The fraction of sp³-hybridized carbons (Fsp3) is 0.333. The van der Waals surface area contributed by atoms with Crippen molar-refractivity contribution in [2.45, 2.75) is 37.6 Å². The number of hydrogen-bond acceptors (Lipinski definition) is 7. The second-order valence-electron chi connectivity index (χ2n) is 9.66. The molecule has 0 saturated carbocycles. The molecule has 212 valence electrons. The van der Waals surface area contributed by atoms with E-state index in [9.17, 15) is 18.0 Å². The van der Waals surface area contributed by atoms with Gasteiger partial charge in [-0.1, -0.05) is 36.4 Å². The minimum absolute atomic E-state index is 0.0169. The molecule has 1 heterocycles. The lowest BCUT2D eigenvalue weighted by Gasteiger charge is -2.34. The lowest BCUT2D eigenvalue weighted by atomic mass is 9.97. The van der Waals surface area contributed by atoms with Crippen LogP contribution in [-0.4, -0.2) is 47.1 Å². The molecule has 4 rings (SSSR count). The van der Waals surface area contributed by atoms with Gasteiger partial charge in [0, 0.05) is 30.4 Å². The zero-order chi connectivity index (χ0) is 28.7. The number of carbonyl (C=O) groups excluding carboxylic acids is 2. The smallest absolute Gasteiger partial charge is 0.310 e. The van der Waals surface area contributed by atoms with Crippen molar-refractivity contribution in [1.82, 2.24) is 4.72 Å². The monoisotopic (exact) mass is 565 g/mol. The van der Waals surface area contributed by atoms with Gasteiger partial charge < -0.3 is 19.7 Å². The molecule has 0 radical (unpaired) electrons. The van der Waals surface area contributed by atoms with Gasteiger partial charge in [-0.3, -0.25) is 9.59 Å². The molecule has 1 fully saturated rings. The predicted molar refractivity (Wildman–Crippen MR) is 154 cm³/mol. The highest BCUT2D eigenvalue weighted by atomic mass is 32.2. The van der Waals surface area contributed by atoms with Crippen LogP contribution < -0.4 is 19.7 Å². The Morgan fingerprint density at radius 3 is 2.55 bits per heavy atom. The number of amides is 1. The highest BCUT2D eigenvalue weighted by molar-refractivity contribution is 7.89. The Balaban J connectivity index is 1.68. The molecule has 2 N–H and O–H groups in total. The molecule has 0 aromatic heterocycles. The first-order valence-corrected chi connectivity index (χ1v) is 14.8. The van der Waals surface area contributed by atoms with E-state index >= 15 is 0 Å². The van der Waals surface area contributed by atoms with Crippen LogP contribution >= 0.6 is 0 Å². The van der Waals surface area contributed by atoms with Crippen LogP contribution in [0, 0.1) is 5.92 Å². The maximum absolute atomic E-state index is 13.8. The van der Waals surface area contributed by atoms with Crippen LogP contribution in [0.3, 0.4) is 0 Å². The normalized spacial score (nSPS) is 16.2. The quantitative estimate of drug-likeness (QED) is 0.341. The van der Waals surface area contributed by atoms with E-state index in [1.54, 1.807) is 50.2 Å². The summed E-state index contributed by atoms with van der Waals surface area (Å²) in [5, 5.41) is 2.80. The number of nitrogens with zero attached hydrogens (tertiary/aromatic N) is 1. The number of piperidine rings is 1. The maximum atomic E-state index is 13.8. The van der Waals surface area contributed by atoms with Gasteiger partial charge in [0.05, 0.1) is 25.3 Å². The molecule has 3 aromatic rings. The molecule has 1 saturated heterocycles. The molecular formula is C30H35N3O6S. The highest BCUT2D eigenvalue weighted by Crippen LogP contribution is 2.33. The van der Waals surface area contributed by atoms with Crippen molar-refractivity contribution in [3.05, 3.63) is 83.9 Å². The SMILES string of the molecule is CCOC(=O)C1CCCN(c2ccc(NC(=O)c3cccc(OC)c3)cc2S(=O)(=O)NC(C)c2ccccc2)C1. The molecule has 1 aliphatic heterocycles. The molecule has 1 aliphatic rings. The number of ether oxygens (including phenoxy) is 2. The second kappa shape index (κ2) is 13.0. The first-order chi connectivity index (χ1) is 19.2. The summed E-state index contributed by atoms with van der Waals surface area (Å²) in [4.78, 5) is 27.4. The molecule has 2 unspecified atom stereocenters. The van der Waals surface area contributed by atoms with E-state index in [1.807, 2.05) is 35.2 Å². The first kappa shape index (κ1) is 29.1. The first-order valence-electron chi connectivity index (χ1n) is 13.3. The van der Waals surface area contributed by atoms with Crippen molar-refractivity contribution in [3.63, 3.8) is 0 Å². The number of benzene rings is 3. The predicted octanol–water partition coefficient (Wildman–Crippen LogP) is 4.77. The summed E-state index contributed by atoms with van der Waals surface area (Å²) in [6, 6.07) is 20.3. The van der Waals surface area contributed by atoms with Gasteiger partial charge in [0.15, 0.2) is 0 Å². The van der Waals surface area contributed by atoms with Gasteiger partial charge in [0.1, 0.15) is 10.6 Å². The summed E-state index contributed by atoms with van der Waals surface area (Å²) < 4.78 is 40.9. The molecule has 40 heavy (non-hydrogen) atoms. The van der Waals surface area contributed by atoms with Crippen LogP contribution in [0.15, 0.2) is 77.7 Å². The number of sulfonamides is 1. The Morgan fingerprint density at radius 1 is 1.05 bits per heavy atom. The number of carbonyl (C=O) groups is 2. The van der Waals surface area contributed by atoms with Gasteiger partial charge in [-0.25, -0.2) is 13.1 Å². The van der Waals surface area contributed by atoms with E-state index in [1.165, 1.54) is 13.2 Å². The molecule has 0 spiro atoms. The molecule has 0 bridgehead atoms. The molecule has 1 amide bonds. The Labute approximate surface area is 235 Å². The van der Waals surface area contributed by atoms with Gasteiger partial charge in [-0.15, -0.1) is 0 Å². The van der Waals surface area contributed by atoms with E-state index in [0.29, 0.717) is 48.6 Å². The number of rotatable bonds is 10. The summed E-state index contributed by atoms with van der Waals surface area (Å²) in [5.41, 5.74) is 1.97. The Bertz CT molecular complexity index is 1440. The zero-order valence-corrected chi connectivity index (χ0v) is 23.7. The van der Waals surface area contributed by atoms with Crippen LogP contribution in [0.5, 0.6) is 5.75 Å². The minimum atomic E-state index is -4.05. The topological polar surface area (TPSA) is 114 Å². The minimum Gasteiger partial charge on any atom is -0.497 e. The lowest BCUT2D eigenvalue weighted by molar-refractivity contribution is -0.148. The zero-order valence-electron chi connectivity index (χ0n) is 22.9. The van der Waals surface area contributed by atoms with Crippen LogP contribution in [-0.2, 0) is 19.6 Å².